The van der Waals surface area contributed by atoms with Gasteiger partial charge in [-0.25, -0.2) is 0 Å². The number of nitrogens with zero attached hydrogens (tertiary/aromatic N) is 2. The van der Waals surface area contributed by atoms with Gasteiger partial charge in [-0.2, -0.15) is 5.10 Å². The lowest BCUT2D eigenvalue weighted by molar-refractivity contribution is -0.121. The largest absolute Gasteiger partial charge is 0.351 e. The number of amides is 2. The molecule has 0 saturated carbocycles. The quantitative estimate of drug-likeness (QED) is 0.658. The Morgan fingerprint density at radius 3 is 2.69 bits per heavy atom. The van der Waals surface area contributed by atoms with E-state index in [-0.39, 0.29) is 24.3 Å². The van der Waals surface area contributed by atoms with Crippen LogP contribution in [0.2, 0.25) is 5.02 Å². The van der Waals surface area contributed by atoms with Gasteiger partial charge in [0.2, 0.25) is 5.91 Å². The molecule has 0 bridgehead atoms. The molecule has 0 spiro atoms. The summed E-state index contributed by atoms with van der Waals surface area (Å²) in [5.74, 6) is -0.223. The molecule has 7 heteroatoms. The van der Waals surface area contributed by atoms with E-state index in [1.54, 1.807) is 23.0 Å². The highest BCUT2D eigenvalue weighted by Gasteiger charge is 2.28. The number of halogens is 1. The van der Waals surface area contributed by atoms with Gasteiger partial charge in [0.1, 0.15) is 0 Å². The van der Waals surface area contributed by atoms with Gasteiger partial charge in [-0.1, -0.05) is 54.1 Å². The normalized spacial score (nSPS) is 15.0. The highest BCUT2D eigenvalue weighted by molar-refractivity contribution is 6.30. The van der Waals surface area contributed by atoms with Gasteiger partial charge in [-0.3, -0.25) is 14.3 Å². The van der Waals surface area contributed by atoms with Crippen molar-refractivity contribution >= 4 is 23.4 Å². The van der Waals surface area contributed by atoms with Gasteiger partial charge in [0.05, 0.1) is 36.5 Å². The molecule has 2 aromatic carbocycles. The number of hydrogen-bond donors (Lipinski definition) is 2. The van der Waals surface area contributed by atoms with Gasteiger partial charge in [0.15, 0.2) is 0 Å². The van der Waals surface area contributed by atoms with Crippen LogP contribution in [0.5, 0.6) is 0 Å². The second-order valence-electron chi connectivity index (χ2n) is 7.13. The molecule has 6 nitrogen and oxygen atoms in total. The minimum absolute atomic E-state index is 0.0712. The summed E-state index contributed by atoms with van der Waals surface area (Å²) in [5, 5.41) is 10.9. The molecule has 29 heavy (non-hydrogen) atoms. The molecule has 3 aromatic rings. The molecule has 2 heterocycles. The number of fused-ring (bicyclic) bond motifs is 1. The molecule has 2 N–H and O–H groups in total. The average Bonchev–Trinajstić information content (AvgIpc) is 3.27. The van der Waals surface area contributed by atoms with Crippen molar-refractivity contribution in [3.05, 3.63) is 88.2 Å². The van der Waals surface area contributed by atoms with Crippen LogP contribution in [-0.2, 0) is 30.7 Å². The van der Waals surface area contributed by atoms with Crippen molar-refractivity contribution in [1.82, 2.24) is 20.4 Å². The minimum Gasteiger partial charge on any atom is -0.351 e. The maximum absolute atomic E-state index is 12.6. The second kappa shape index (κ2) is 8.49. The average molecular weight is 409 g/mol. The number of nitrogens with one attached hydrogen (secondary N) is 2. The highest BCUT2D eigenvalue weighted by Crippen LogP contribution is 2.19. The first-order valence-electron chi connectivity index (χ1n) is 9.49. The predicted molar refractivity (Wildman–Crippen MR) is 111 cm³/mol. The number of carbonyl (C=O) groups excluding carboxylic acids is 2. The number of aromatic nitrogens is 2. The number of hydrogen-bond acceptors (Lipinski definition) is 3. The molecule has 1 atom stereocenters. The van der Waals surface area contributed by atoms with Gasteiger partial charge in [0.25, 0.3) is 5.91 Å². The Morgan fingerprint density at radius 2 is 1.90 bits per heavy atom. The van der Waals surface area contributed by atoms with Gasteiger partial charge >= 0.3 is 0 Å². The molecule has 148 valence electrons. The van der Waals surface area contributed by atoms with E-state index in [9.17, 15) is 9.59 Å². The van der Waals surface area contributed by atoms with Gasteiger partial charge < -0.3 is 10.6 Å². The van der Waals surface area contributed by atoms with Gasteiger partial charge in [0, 0.05) is 18.0 Å². The zero-order valence-electron chi connectivity index (χ0n) is 15.8. The van der Waals surface area contributed by atoms with Crippen LogP contribution in [-0.4, -0.2) is 27.6 Å². The van der Waals surface area contributed by atoms with Crippen LogP contribution in [0.15, 0.2) is 60.8 Å². The monoisotopic (exact) mass is 408 g/mol. The van der Waals surface area contributed by atoms with Crippen molar-refractivity contribution < 1.29 is 9.59 Å². The Morgan fingerprint density at radius 1 is 1.10 bits per heavy atom. The molecule has 4 rings (SSSR count). The first kappa shape index (κ1) is 19.2. The predicted octanol–water partition coefficient (Wildman–Crippen LogP) is 2.75. The van der Waals surface area contributed by atoms with Crippen LogP contribution in [0, 0.1) is 0 Å². The fourth-order valence-corrected chi connectivity index (χ4v) is 3.77. The van der Waals surface area contributed by atoms with Crippen LogP contribution < -0.4 is 10.6 Å². The third-order valence-electron chi connectivity index (χ3n) is 4.94. The van der Waals surface area contributed by atoms with Crippen molar-refractivity contribution in [2.75, 3.05) is 0 Å². The molecule has 0 fully saturated rings. The maximum Gasteiger partial charge on any atom is 0.255 e. The van der Waals surface area contributed by atoms with E-state index in [2.05, 4.69) is 15.7 Å². The highest BCUT2D eigenvalue weighted by atomic mass is 35.5. The topological polar surface area (TPSA) is 76.0 Å². The second-order valence-corrected chi connectivity index (χ2v) is 7.57. The number of benzene rings is 2. The molecule has 0 radical (unpaired) electrons. The molecule has 1 aliphatic heterocycles. The lowest BCUT2D eigenvalue weighted by Crippen LogP contribution is -2.37. The van der Waals surface area contributed by atoms with E-state index < -0.39 is 0 Å². The summed E-state index contributed by atoms with van der Waals surface area (Å²) in [4.78, 5) is 24.9. The minimum atomic E-state index is -0.152. The van der Waals surface area contributed by atoms with E-state index in [1.165, 1.54) is 0 Å². The van der Waals surface area contributed by atoms with Crippen molar-refractivity contribution in [3.63, 3.8) is 0 Å². The third-order valence-corrected chi connectivity index (χ3v) is 5.18. The van der Waals surface area contributed by atoms with E-state index in [0.29, 0.717) is 30.1 Å². The lowest BCUT2D eigenvalue weighted by atomic mass is 10.1. The summed E-state index contributed by atoms with van der Waals surface area (Å²) in [6, 6.07) is 17.0. The van der Waals surface area contributed by atoms with Crippen LogP contribution in [0.3, 0.4) is 0 Å². The molecular weight excluding hydrogens is 388 g/mol. The lowest BCUT2D eigenvalue weighted by Gasteiger charge is -2.12. The smallest absolute Gasteiger partial charge is 0.255 e. The Balaban J connectivity index is 1.33. The summed E-state index contributed by atoms with van der Waals surface area (Å²) in [6.07, 6.45) is 2.44. The van der Waals surface area contributed by atoms with Crippen molar-refractivity contribution in [2.45, 2.75) is 32.0 Å². The van der Waals surface area contributed by atoms with Crippen LogP contribution in [0.25, 0.3) is 0 Å². The van der Waals surface area contributed by atoms with Gasteiger partial charge in [-0.05, 0) is 23.3 Å². The maximum atomic E-state index is 12.6. The van der Waals surface area contributed by atoms with Crippen molar-refractivity contribution in [3.8, 4) is 0 Å². The Labute approximate surface area is 173 Å². The Hall–Kier alpha value is -3.12. The first-order chi connectivity index (χ1) is 14.1. The first-order valence-corrected chi connectivity index (χ1v) is 9.87. The third kappa shape index (κ3) is 4.66. The SMILES string of the molecule is O=C(Cc1cccc(Cl)c1)N[C@H]1Cc2c(C(=O)NCc3ccccc3)cnn2C1. The van der Waals surface area contributed by atoms with E-state index in [1.807, 2.05) is 42.5 Å². The van der Waals surface area contributed by atoms with Crippen LogP contribution in [0.1, 0.15) is 27.2 Å². The summed E-state index contributed by atoms with van der Waals surface area (Å²) in [5.41, 5.74) is 3.32. The number of carbonyl (C=O) groups is 2. The molecule has 0 saturated heterocycles. The number of rotatable bonds is 6. The molecule has 2 amide bonds. The van der Waals surface area contributed by atoms with Crippen LogP contribution in [0.4, 0.5) is 0 Å². The molecule has 1 aromatic heterocycles. The summed E-state index contributed by atoms with van der Waals surface area (Å²) in [7, 11) is 0. The summed E-state index contributed by atoms with van der Waals surface area (Å²) >= 11 is 5.98. The Bertz CT molecular complexity index is 1030. The van der Waals surface area contributed by atoms with Crippen molar-refractivity contribution in [1.29, 1.82) is 0 Å². The standard InChI is InChI=1S/C22H21ClN4O2/c23-17-8-4-7-16(9-17)10-21(28)26-18-11-20-19(13-25-27(20)14-18)22(29)24-12-15-5-2-1-3-6-15/h1-9,13,18H,10-12,14H2,(H,24,29)(H,26,28)/t18-/m0/s1. The fourth-order valence-electron chi connectivity index (χ4n) is 3.56. The summed E-state index contributed by atoms with van der Waals surface area (Å²) < 4.78 is 1.79. The van der Waals surface area contributed by atoms with E-state index in [0.717, 1.165) is 16.8 Å². The van der Waals surface area contributed by atoms with Crippen molar-refractivity contribution in [2.24, 2.45) is 0 Å². The van der Waals surface area contributed by atoms with E-state index in [4.69, 9.17) is 11.6 Å². The van der Waals surface area contributed by atoms with Crippen LogP contribution >= 0.6 is 11.6 Å². The molecule has 1 aliphatic rings. The molecular formula is C22H21ClN4O2. The zero-order chi connectivity index (χ0) is 20.2. The molecule has 0 unspecified atom stereocenters. The Kier molecular flexibility index (Phi) is 5.62. The fraction of sp³-hybridized carbons (Fsp3) is 0.227. The summed E-state index contributed by atoms with van der Waals surface area (Å²) in [6.45, 7) is 1.02. The molecule has 0 aliphatic carbocycles. The van der Waals surface area contributed by atoms with Gasteiger partial charge in [-0.15, -0.1) is 0 Å². The van der Waals surface area contributed by atoms with E-state index >= 15 is 0 Å². The zero-order valence-corrected chi connectivity index (χ0v) is 16.5.